The van der Waals surface area contributed by atoms with Crippen LogP contribution in [0, 0.1) is 34.5 Å². The van der Waals surface area contributed by atoms with Crippen LogP contribution in [0.3, 0.4) is 0 Å². The Morgan fingerprint density at radius 3 is 2.64 bits per heavy atom. The van der Waals surface area contributed by atoms with Gasteiger partial charge in [-0.2, -0.15) is 0 Å². The van der Waals surface area contributed by atoms with Gasteiger partial charge in [-0.1, -0.05) is 32.8 Å². The minimum atomic E-state index is 0.199. The first-order valence-corrected chi connectivity index (χ1v) is 9.68. The number of rotatable bonds is 1. The van der Waals surface area contributed by atoms with Crippen LogP contribution in [-0.4, -0.2) is 5.78 Å². The van der Waals surface area contributed by atoms with Crippen LogP contribution in [0.5, 0.6) is 0 Å². The topological polar surface area (TPSA) is 17.1 Å². The Balaban J connectivity index is 1.64. The Morgan fingerprint density at radius 2 is 1.86 bits per heavy atom. The molecule has 0 aliphatic heterocycles. The smallest absolute Gasteiger partial charge is 0.156 e. The number of hydrogen-bond acceptors (Lipinski definition) is 1. The van der Waals surface area contributed by atoms with Gasteiger partial charge in [0, 0.05) is 0 Å². The Bertz CT molecular complexity index is 518. The van der Waals surface area contributed by atoms with Gasteiger partial charge in [-0.05, 0) is 91.9 Å². The predicted octanol–water partition coefficient (Wildman–Crippen LogP) is 5.54. The van der Waals surface area contributed by atoms with Gasteiger partial charge in [0.05, 0.1) is 0 Å². The summed E-state index contributed by atoms with van der Waals surface area (Å²) in [5.74, 6) is 3.90. The molecule has 0 amide bonds. The molecule has 6 atom stereocenters. The molecule has 1 heteroatoms. The molecule has 4 aliphatic carbocycles. The first kappa shape index (κ1) is 15.0. The summed E-state index contributed by atoms with van der Waals surface area (Å²) in [6, 6.07) is 0. The van der Waals surface area contributed by atoms with Crippen LogP contribution in [0.4, 0.5) is 0 Å². The zero-order valence-electron chi connectivity index (χ0n) is 14.7. The monoisotopic (exact) mass is 300 g/mol. The van der Waals surface area contributed by atoms with Gasteiger partial charge in [-0.25, -0.2) is 0 Å². The summed E-state index contributed by atoms with van der Waals surface area (Å²) in [5, 5.41) is 0. The van der Waals surface area contributed by atoms with E-state index in [4.69, 9.17) is 0 Å². The van der Waals surface area contributed by atoms with Crippen LogP contribution in [0.25, 0.3) is 0 Å². The zero-order chi connectivity index (χ0) is 15.5. The molecule has 0 aromatic heterocycles. The molecule has 0 spiro atoms. The zero-order valence-corrected chi connectivity index (χ0v) is 14.7. The number of hydrogen-bond donors (Lipinski definition) is 0. The molecule has 3 saturated carbocycles. The average Bonchev–Trinajstić information content (AvgIpc) is 2.84. The second kappa shape index (κ2) is 4.95. The molecule has 4 rings (SSSR count). The van der Waals surface area contributed by atoms with Crippen LogP contribution in [0.15, 0.2) is 11.6 Å². The van der Waals surface area contributed by atoms with Crippen molar-refractivity contribution in [2.24, 2.45) is 34.5 Å². The summed E-state index contributed by atoms with van der Waals surface area (Å²) in [6.45, 7) is 6.82. The van der Waals surface area contributed by atoms with Crippen molar-refractivity contribution in [2.45, 2.75) is 78.6 Å². The van der Waals surface area contributed by atoms with Crippen LogP contribution >= 0.6 is 0 Å². The van der Waals surface area contributed by atoms with Crippen molar-refractivity contribution in [2.75, 3.05) is 0 Å². The lowest BCUT2D eigenvalue weighted by molar-refractivity contribution is -0.118. The molecule has 6 unspecified atom stereocenters. The van der Waals surface area contributed by atoms with Crippen LogP contribution < -0.4 is 0 Å². The maximum absolute atomic E-state index is 12.1. The molecule has 0 N–H and O–H groups in total. The Hall–Kier alpha value is -0.590. The van der Waals surface area contributed by atoms with E-state index in [-0.39, 0.29) is 5.41 Å². The summed E-state index contributed by atoms with van der Waals surface area (Å²) in [7, 11) is 0. The van der Waals surface area contributed by atoms with Crippen LogP contribution in [0.1, 0.15) is 78.6 Å². The third kappa shape index (κ3) is 1.86. The third-order valence-electron chi connectivity index (χ3n) is 8.54. The highest BCUT2D eigenvalue weighted by atomic mass is 16.1. The van der Waals surface area contributed by atoms with Crippen LogP contribution in [-0.2, 0) is 4.79 Å². The van der Waals surface area contributed by atoms with E-state index in [1.54, 1.807) is 6.92 Å². The van der Waals surface area contributed by atoms with E-state index in [1.165, 1.54) is 63.4 Å². The van der Waals surface area contributed by atoms with E-state index >= 15 is 0 Å². The number of fused-ring (bicyclic) bond motifs is 5. The molecule has 4 aliphatic rings. The molecule has 0 radical (unpaired) electrons. The van der Waals surface area contributed by atoms with Crippen molar-refractivity contribution in [3.05, 3.63) is 11.6 Å². The minimum Gasteiger partial charge on any atom is -0.295 e. The van der Waals surface area contributed by atoms with Gasteiger partial charge in [0.15, 0.2) is 5.78 Å². The fraction of sp³-hybridized carbons (Fsp3) is 0.857. The SMILES string of the molecule is CC(=O)C1=CCC2C3CCC4CCCCC4(C)C3CCC12C. The van der Waals surface area contributed by atoms with Gasteiger partial charge >= 0.3 is 0 Å². The van der Waals surface area contributed by atoms with E-state index in [9.17, 15) is 4.79 Å². The van der Waals surface area contributed by atoms with Gasteiger partial charge < -0.3 is 0 Å². The van der Waals surface area contributed by atoms with Gasteiger partial charge in [-0.3, -0.25) is 4.79 Å². The first-order valence-electron chi connectivity index (χ1n) is 9.68. The van der Waals surface area contributed by atoms with Gasteiger partial charge in [0.1, 0.15) is 0 Å². The lowest BCUT2D eigenvalue weighted by Crippen LogP contribution is -2.52. The fourth-order valence-corrected chi connectivity index (χ4v) is 7.41. The summed E-state index contributed by atoms with van der Waals surface area (Å²) >= 11 is 0. The average molecular weight is 300 g/mol. The van der Waals surface area contributed by atoms with Gasteiger partial charge in [0.2, 0.25) is 0 Å². The first-order chi connectivity index (χ1) is 10.5. The number of allylic oxidation sites excluding steroid dienone is 2. The summed E-state index contributed by atoms with van der Waals surface area (Å²) in [6.07, 6.45) is 14.9. The fourth-order valence-electron chi connectivity index (χ4n) is 7.41. The quantitative estimate of drug-likeness (QED) is 0.621. The van der Waals surface area contributed by atoms with Crippen molar-refractivity contribution < 1.29 is 4.79 Å². The Labute approximate surface area is 135 Å². The number of Topliss-reactive ketones (excluding diaryl/α,β-unsaturated/α-hetero) is 1. The Kier molecular flexibility index (Phi) is 3.37. The minimum absolute atomic E-state index is 0.199. The molecule has 22 heavy (non-hydrogen) atoms. The van der Waals surface area contributed by atoms with E-state index in [0.29, 0.717) is 11.2 Å². The molecule has 0 heterocycles. The highest BCUT2D eigenvalue weighted by Gasteiger charge is 2.58. The largest absolute Gasteiger partial charge is 0.295 e. The maximum Gasteiger partial charge on any atom is 0.156 e. The van der Waals surface area contributed by atoms with Crippen molar-refractivity contribution in [1.29, 1.82) is 0 Å². The molecule has 3 fully saturated rings. The van der Waals surface area contributed by atoms with Crippen molar-refractivity contribution in [3.63, 3.8) is 0 Å². The lowest BCUT2D eigenvalue weighted by Gasteiger charge is -2.60. The normalized spacial score (nSPS) is 50.6. The second-order valence-electron chi connectivity index (χ2n) is 9.27. The van der Waals surface area contributed by atoms with Crippen molar-refractivity contribution in [3.8, 4) is 0 Å². The summed E-state index contributed by atoms with van der Waals surface area (Å²) < 4.78 is 0. The number of carbonyl (C=O) groups excluding carboxylic acids is 1. The van der Waals surface area contributed by atoms with E-state index in [1.807, 2.05) is 0 Å². The number of ketones is 1. The van der Waals surface area contributed by atoms with Gasteiger partial charge in [-0.15, -0.1) is 0 Å². The molecular weight excluding hydrogens is 268 g/mol. The Morgan fingerprint density at radius 1 is 1.05 bits per heavy atom. The standard InChI is InChI=1S/C21H32O/c1-14(22)17-9-10-18-16-8-7-15-6-4-5-12-20(15,2)19(16)11-13-21(17,18)3/h9,15-16,18-19H,4-8,10-13H2,1-3H3. The molecule has 0 aromatic rings. The third-order valence-corrected chi connectivity index (χ3v) is 8.54. The van der Waals surface area contributed by atoms with Gasteiger partial charge in [0.25, 0.3) is 0 Å². The number of carbonyl (C=O) groups is 1. The molecule has 1 nitrogen and oxygen atoms in total. The van der Waals surface area contributed by atoms with E-state index < -0.39 is 0 Å². The summed E-state index contributed by atoms with van der Waals surface area (Å²) in [4.78, 5) is 12.1. The predicted molar refractivity (Wildman–Crippen MR) is 90.5 cm³/mol. The van der Waals surface area contributed by atoms with Crippen LogP contribution in [0.2, 0.25) is 0 Å². The van der Waals surface area contributed by atoms with E-state index in [0.717, 1.165) is 23.7 Å². The molecule has 0 saturated heterocycles. The summed E-state index contributed by atoms with van der Waals surface area (Å²) in [5.41, 5.74) is 1.98. The second-order valence-corrected chi connectivity index (χ2v) is 9.27. The highest BCUT2D eigenvalue weighted by Crippen LogP contribution is 2.66. The molecular formula is C21H32O. The maximum atomic E-state index is 12.1. The highest BCUT2D eigenvalue weighted by molar-refractivity contribution is 5.95. The molecule has 122 valence electrons. The lowest BCUT2D eigenvalue weighted by atomic mass is 9.45. The van der Waals surface area contributed by atoms with Crippen molar-refractivity contribution >= 4 is 5.78 Å². The molecule has 0 bridgehead atoms. The molecule has 0 aromatic carbocycles. The van der Waals surface area contributed by atoms with E-state index in [2.05, 4.69) is 19.9 Å². The van der Waals surface area contributed by atoms with Crippen molar-refractivity contribution in [1.82, 2.24) is 0 Å².